The van der Waals surface area contributed by atoms with E-state index in [9.17, 15) is 18.8 Å². The third-order valence-electron chi connectivity index (χ3n) is 6.52. The number of amides is 3. The maximum Gasteiger partial charge on any atom is 0.256 e. The van der Waals surface area contributed by atoms with Crippen LogP contribution in [0.25, 0.3) is 0 Å². The maximum absolute atomic E-state index is 14.0. The lowest BCUT2D eigenvalue weighted by Crippen LogP contribution is -2.42. The van der Waals surface area contributed by atoms with E-state index in [2.05, 4.69) is 0 Å². The second-order valence-corrected chi connectivity index (χ2v) is 9.03. The van der Waals surface area contributed by atoms with Crippen molar-refractivity contribution in [1.82, 2.24) is 14.7 Å². The van der Waals surface area contributed by atoms with Crippen molar-refractivity contribution in [3.05, 3.63) is 34.6 Å². The fourth-order valence-electron chi connectivity index (χ4n) is 4.77. The molecule has 0 saturated carbocycles. The Kier molecular flexibility index (Phi) is 6.27. The van der Waals surface area contributed by atoms with Crippen LogP contribution in [0.4, 0.5) is 4.39 Å². The van der Waals surface area contributed by atoms with Crippen molar-refractivity contribution in [3.8, 4) is 0 Å². The van der Waals surface area contributed by atoms with Crippen molar-refractivity contribution in [3.63, 3.8) is 0 Å². The van der Waals surface area contributed by atoms with Gasteiger partial charge >= 0.3 is 0 Å². The van der Waals surface area contributed by atoms with Gasteiger partial charge in [-0.2, -0.15) is 0 Å². The van der Waals surface area contributed by atoms with Crippen molar-refractivity contribution in [2.75, 3.05) is 39.3 Å². The summed E-state index contributed by atoms with van der Waals surface area (Å²) in [6, 6.07) is 4.00. The summed E-state index contributed by atoms with van der Waals surface area (Å²) in [5, 5.41) is 0.334. The van der Waals surface area contributed by atoms with Crippen LogP contribution in [0.5, 0.6) is 0 Å². The molecule has 3 aliphatic heterocycles. The number of halogens is 2. The average Bonchev–Trinajstić information content (AvgIpc) is 3.40. The summed E-state index contributed by atoms with van der Waals surface area (Å²) in [5.74, 6) is -0.685. The fourth-order valence-corrected chi connectivity index (χ4v) is 4.94. The lowest BCUT2D eigenvalue weighted by molar-refractivity contribution is -0.134. The zero-order valence-electron chi connectivity index (χ0n) is 17.0. The molecular formula is C22H27ClFN3O3. The normalized spacial score (nSPS) is 22.8. The van der Waals surface area contributed by atoms with E-state index >= 15 is 0 Å². The summed E-state index contributed by atoms with van der Waals surface area (Å²) in [6.45, 7) is 3.78. The Morgan fingerprint density at radius 2 is 1.77 bits per heavy atom. The number of likely N-dealkylation sites (tertiary alicyclic amines) is 3. The second-order valence-electron chi connectivity index (χ2n) is 8.59. The molecule has 1 aromatic rings. The minimum Gasteiger partial charge on any atom is -0.342 e. The Hall–Kier alpha value is -2.15. The fraction of sp³-hybridized carbons (Fsp3) is 0.591. The lowest BCUT2D eigenvalue weighted by atomic mass is 9.95. The van der Waals surface area contributed by atoms with Gasteiger partial charge in [-0.05, 0) is 49.8 Å². The Labute approximate surface area is 180 Å². The van der Waals surface area contributed by atoms with Gasteiger partial charge in [0.25, 0.3) is 5.91 Å². The summed E-state index contributed by atoms with van der Waals surface area (Å²) in [6.07, 6.45) is 3.91. The number of piperidine rings is 1. The molecular weight excluding hydrogens is 409 g/mol. The van der Waals surface area contributed by atoms with Crippen LogP contribution in [0, 0.1) is 17.7 Å². The van der Waals surface area contributed by atoms with E-state index in [4.69, 9.17) is 11.6 Å². The minimum atomic E-state index is -0.567. The molecule has 3 aliphatic rings. The molecule has 3 amide bonds. The zero-order chi connectivity index (χ0) is 21.3. The average molecular weight is 436 g/mol. The van der Waals surface area contributed by atoms with Crippen LogP contribution >= 0.6 is 11.6 Å². The molecule has 0 aromatic heterocycles. The van der Waals surface area contributed by atoms with Gasteiger partial charge in [0.2, 0.25) is 11.8 Å². The van der Waals surface area contributed by atoms with Gasteiger partial charge in [0.15, 0.2) is 0 Å². The van der Waals surface area contributed by atoms with Crippen LogP contribution in [-0.2, 0) is 9.59 Å². The van der Waals surface area contributed by atoms with Gasteiger partial charge in [-0.1, -0.05) is 11.6 Å². The Morgan fingerprint density at radius 1 is 1.07 bits per heavy atom. The summed E-state index contributed by atoms with van der Waals surface area (Å²) < 4.78 is 14.0. The van der Waals surface area contributed by atoms with Crippen molar-refractivity contribution >= 4 is 29.3 Å². The summed E-state index contributed by atoms with van der Waals surface area (Å²) >= 11 is 5.91. The van der Waals surface area contributed by atoms with Crippen LogP contribution in [-0.4, -0.2) is 71.7 Å². The molecule has 0 spiro atoms. The maximum atomic E-state index is 14.0. The molecule has 1 aromatic carbocycles. The lowest BCUT2D eigenvalue weighted by Gasteiger charge is -2.34. The largest absolute Gasteiger partial charge is 0.342 e. The molecule has 3 fully saturated rings. The highest BCUT2D eigenvalue weighted by Gasteiger charge is 2.38. The molecule has 8 heteroatoms. The van der Waals surface area contributed by atoms with Crippen LogP contribution in [0.3, 0.4) is 0 Å². The van der Waals surface area contributed by atoms with Crippen LogP contribution in [0.15, 0.2) is 18.2 Å². The molecule has 0 aliphatic carbocycles. The molecule has 3 heterocycles. The van der Waals surface area contributed by atoms with Crippen molar-refractivity contribution in [2.24, 2.45) is 11.8 Å². The molecule has 1 unspecified atom stereocenters. The topological polar surface area (TPSA) is 60.9 Å². The molecule has 0 radical (unpaired) electrons. The number of hydrogen-bond acceptors (Lipinski definition) is 3. The van der Waals surface area contributed by atoms with E-state index in [0.717, 1.165) is 38.8 Å². The molecule has 4 rings (SSSR count). The predicted octanol–water partition coefficient (Wildman–Crippen LogP) is 2.80. The molecule has 162 valence electrons. The van der Waals surface area contributed by atoms with E-state index in [1.165, 1.54) is 18.2 Å². The van der Waals surface area contributed by atoms with Gasteiger partial charge in [0.05, 0.1) is 11.5 Å². The van der Waals surface area contributed by atoms with E-state index in [1.54, 1.807) is 4.90 Å². The van der Waals surface area contributed by atoms with Crippen LogP contribution in [0.2, 0.25) is 5.02 Å². The number of hydrogen-bond donors (Lipinski definition) is 0. The third kappa shape index (κ3) is 4.46. The van der Waals surface area contributed by atoms with E-state index < -0.39 is 5.82 Å². The van der Waals surface area contributed by atoms with Gasteiger partial charge in [-0.15, -0.1) is 0 Å². The van der Waals surface area contributed by atoms with Crippen molar-refractivity contribution in [2.45, 2.75) is 32.1 Å². The van der Waals surface area contributed by atoms with Crippen molar-refractivity contribution in [1.29, 1.82) is 0 Å². The first-order chi connectivity index (χ1) is 14.4. The summed E-state index contributed by atoms with van der Waals surface area (Å²) in [7, 11) is 0. The Bertz CT molecular complexity index is 835. The van der Waals surface area contributed by atoms with Crippen LogP contribution < -0.4 is 0 Å². The Morgan fingerprint density at radius 3 is 2.47 bits per heavy atom. The van der Waals surface area contributed by atoms with E-state index in [-0.39, 0.29) is 35.1 Å². The van der Waals surface area contributed by atoms with Gasteiger partial charge in [0.1, 0.15) is 5.82 Å². The first kappa shape index (κ1) is 21.1. The second kappa shape index (κ2) is 8.92. The van der Waals surface area contributed by atoms with E-state index in [0.29, 0.717) is 37.6 Å². The minimum absolute atomic E-state index is 0.000984. The molecule has 6 nitrogen and oxygen atoms in total. The highest BCUT2D eigenvalue weighted by atomic mass is 35.5. The zero-order valence-corrected chi connectivity index (χ0v) is 17.7. The monoisotopic (exact) mass is 435 g/mol. The number of carbonyl (C=O) groups excluding carboxylic acids is 3. The quantitative estimate of drug-likeness (QED) is 0.730. The third-order valence-corrected chi connectivity index (χ3v) is 6.76. The molecule has 0 N–H and O–H groups in total. The SMILES string of the molecule is O=C1CC(C(=O)N2CCCC2)CN1CC1CCN(C(=O)c2cc(Cl)ccc2F)CC1. The Balaban J connectivity index is 1.28. The molecule has 3 saturated heterocycles. The highest BCUT2D eigenvalue weighted by Crippen LogP contribution is 2.27. The van der Waals surface area contributed by atoms with Gasteiger partial charge < -0.3 is 14.7 Å². The van der Waals surface area contributed by atoms with Gasteiger partial charge in [-0.25, -0.2) is 4.39 Å². The van der Waals surface area contributed by atoms with E-state index in [1.807, 2.05) is 9.80 Å². The van der Waals surface area contributed by atoms with Gasteiger partial charge in [-0.3, -0.25) is 14.4 Å². The van der Waals surface area contributed by atoms with Gasteiger partial charge in [0, 0.05) is 50.7 Å². The van der Waals surface area contributed by atoms with Crippen LogP contribution in [0.1, 0.15) is 42.5 Å². The standard InChI is InChI=1S/C22H27ClFN3O3/c23-17-3-4-19(24)18(12-17)22(30)26-9-5-15(6-10-26)13-27-14-16(11-20(27)28)21(29)25-7-1-2-8-25/h3-4,12,15-16H,1-2,5-11,13-14H2. The number of nitrogens with zero attached hydrogens (tertiary/aromatic N) is 3. The molecule has 0 bridgehead atoms. The highest BCUT2D eigenvalue weighted by molar-refractivity contribution is 6.31. The summed E-state index contributed by atoms with van der Waals surface area (Å²) in [5.41, 5.74) is -0.000984. The van der Waals surface area contributed by atoms with Crippen molar-refractivity contribution < 1.29 is 18.8 Å². The number of benzene rings is 1. The number of carbonyl (C=O) groups is 3. The smallest absolute Gasteiger partial charge is 0.256 e. The first-order valence-electron chi connectivity index (χ1n) is 10.7. The predicted molar refractivity (Wildman–Crippen MR) is 111 cm³/mol. The first-order valence-corrected chi connectivity index (χ1v) is 11.1. The summed E-state index contributed by atoms with van der Waals surface area (Å²) in [4.78, 5) is 43.0. The number of rotatable bonds is 4. The molecule has 1 atom stereocenters. The molecule has 30 heavy (non-hydrogen) atoms.